The molecule has 164 valence electrons. The average Bonchev–Trinajstić information content (AvgIpc) is 2.79. The topological polar surface area (TPSA) is 66.4 Å². The van der Waals surface area contributed by atoms with Gasteiger partial charge in [0.05, 0.1) is 40.6 Å². The maximum absolute atomic E-state index is 10.8. The van der Waals surface area contributed by atoms with E-state index in [0.717, 1.165) is 11.1 Å². The highest BCUT2D eigenvalue weighted by Gasteiger charge is 2.23. The lowest BCUT2D eigenvalue weighted by atomic mass is 9.85. The Morgan fingerprint density at radius 3 is 1.60 bits per heavy atom. The lowest BCUT2D eigenvalue weighted by Gasteiger charge is -2.24. The van der Waals surface area contributed by atoms with Gasteiger partial charge in [-0.2, -0.15) is 0 Å². The van der Waals surface area contributed by atoms with Crippen LogP contribution in [0.2, 0.25) is 0 Å². The number of methoxy groups -OCH3 is 5. The molecule has 2 aromatic carbocycles. The van der Waals surface area contributed by atoms with Crippen molar-refractivity contribution in [2.75, 3.05) is 35.5 Å². The summed E-state index contributed by atoms with van der Waals surface area (Å²) in [5.41, 5.74) is 1.98. The van der Waals surface area contributed by atoms with Crippen molar-refractivity contribution >= 4 is 0 Å². The van der Waals surface area contributed by atoms with Crippen LogP contribution in [0.25, 0.3) is 0 Å². The van der Waals surface area contributed by atoms with Gasteiger partial charge in [0.2, 0.25) is 0 Å². The Bertz CT molecular complexity index is 764. The Morgan fingerprint density at radius 1 is 0.767 bits per heavy atom. The zero-order valence-electron chi connectivity index (χ0n) is 18.4. The molecule has 0 amide bonds. The predicted molar refractivity (Wildman–Crippen MR) is 117 cm³/mol. The smallest absolute Gasteiger partial charge is 0.161 e. The SMILES string of the molecule is C=CC(CC(O)CC(c1ccc(OC)c(OC)c1)c1ccc(OC)c(OC)c1)OC. The number of benzene rings is 2. The van der Waals surface area contributed by atoms with Crippen molar-refractivity contribution in [3.63, 3.8) is 0 Å². The van der Waals surface area contributed by atoms with Crippen LogP contribution in [-0.4, -0.2) is 52.9 Å². The van der Waals surface area contributed by atoms with Gasteiger partial charge in [0.1, 0.15) is 0 Å². The van der Waals surface area contributed by atoms with Crippen LogP contribution >= 0.6 is 0 Å². The molecule has 6 nitrogen and oxygen atoms in total. The largest absolute Gasteiger partial charge is 0.493 e. The zero-order valence-corrected chi connectivity index (χ0v) is 18.4. The third kappa shape index (κ3) is 5.68. The van der Waals surface area contributed by atoms with Crippen LogP contribution in [-0.2, 0) is 4.74 Å². The molecule has 0 fully saturated rings. The lowest BCUT2D eigenvalue weighted by molar-refractivity contribution is 0.0661. The zero-order chi connectivity index (χ0) is 22.1. The molecule has 0 bridgehead atoms. The summed E-state index contributed by atoms with van der Waals surface area (Å²) in [4.78, 5) is 0. The molecule has 0 radical (unpaired) electrons. The standard InChI is InChI=1S/C24H32O6/c1-7-19(26-2)14-18(25)15-20(16-8-10-21(27-3)23(12-16)29-5)17-9-11-22(28-4)24(13-17)30-6/h7-13,18-20,25H,1,14-15H2,2-6H3. The monoisotopic (exact) mass is 416 g/mol. The molecular formula is C24H32O6. The summed E-state index contributed by atoms with van der Waals surface area (Å²) in [6.45, 7) is 3.77. The number of aliphatic hydroxyl groups excluding tert-OH is 1. The first kappa shape index (κ1) is 23.6. The summed E-state index contributed by atoms with van der Waals surface area (Å²) in [7, 11) is 8.03. The number of rotatable bonds is 12. The molecule has 0 aliphatic rings. The van der Waals surface area contributed by atoms with E-state index in [1.807, 2.05) is 36.4 Å². The number of aliphatic hydroxyl groups is 1. The van der Waals surface area contributed by atoms with E-state index in [4.69, 9.17) is 23.7 Å². The Labute approximate surface area is 179 Å². The van der Waals surface area contributed by atoms with Crippen LogP contribution in [0.15, 0.2) is 49.1 Å². The molecule has 2 atom stereocenters. The van der Waals surface area contributed by atoms with E-state index in [0.29, 0.717) is 35.8 Å². The van der Waals surface area contributed by atoms with Crippen LogP contribution in [0.1, 0.15) is 29.9 Å². The van der Waals surface area contributed by atoms with Crippen molar-refractivity contribution < 1.29 is 28.8 Å². The molecule has 0 aliphatic heterocycles. The van der Waals surface area contributed by atoms with E-state index in [1.54, 1.807) is 41.6 Å². The molecule has 0 saturated heterocycles. The number of ether oxygens (including phenoxy) is 5. The maximum Gasteiger partial charge on any atom is 0.161 e. The highest BCUT2D eigenvalue weighted by molar-refractivity contribution is 5.49. The van der Waals surface area contributed by atoms with Crippen molar-refractivity contribution in [1.29, 1.82) is 0 Å². The van der Waals surface area contributed by atoms with Crippen LogP contribution in [0.3, 0.4) is 0 Å². The summed E-state index contributed by atoms with van der Waals surface area (Å²) >= 11 is 0. The Morgan fingerprint density at radius 2 is 1.23 bits per heavy atom. The third-order valence-corrected chi connectivity index (χ3v) is 5.20. The minimum absolute atomic E-state index is 0.109. The van der Waals surface area contributed by atoms with Gasteiger partial charge in [-0.15, -0.1) is 6.58 Å². The molecular weight excluding hydrogens is 384 g/mol. The summed E-state index contributed by atoms with van der Waals surface area (Å²) in [6, 6.07) is 11.6. The molecule has 0 spiro atoms. The van der Waals surface area contributed by atoms with Gasteiger partial charge < -0.3 is 28.8 Å². The highest BCUT2D eigenvalue weighted by atomic mass is 16.5. The van der Waals surface area contributed by atoms with E-state index in [1.165, 1.54) is 0 Å². The van der Waals surface area contributed by atoms with Crippen LogP contribution < -0.4 is 18.9 Å². The molecule has 6 heteroatoms. The van der Waals surface area contributed by atoms with Gasteiger partial charge in [0, 0.05) is 19.4 Å². The second kappa shape index (κ2) is 11.5. The Kier molecular flexibility index (Phi) is 9.02. The second-order valence-corrected chi connectivity index (χ2v) is 6.92. The summed E-state index contributed by atoms with van der Waals surface area (Å²) < 4.78 is 27.0. The Hall–Kier alpha value is -2.70. The first-order valence-corrected chi connectivity index (χ1v) is 9.78. The fourth-order valence-corrected chi connectivity index (χ4v) is 3.53. The van der Waals surface area contributed by atoms with E-state index in [9.17, 15) is 5.11 Å². The lowest BCUT2D eigenvalue weighted by Crippen LogP contribution is -2.20. The molecule has 0 aliphatic carbocycles. The first-order valence-electron chi connectivity index (χ1n) is 9.78. The van der Waals surface area contributed by atoms with Gasteiger partial charge in [-0.1, -0.05) is 18.2 Å². The van der Waals surface area contributed by atoms with Crippen molar-refractivity contribution in [3.8, 4) is 23.0 Å². The summed E-state index contributed by atoms with van der Waals surface area (Å²) in [5.74, 6) is 2.46. The van der Waals surface area contributed by atoms with Gasteiger partial charge in [-0.25, -0.2) is 0 Å². The molecule has 2 rings (SSSR count). The highest BCUT2D eigenvalue weighted by Crippen LogP contribution is 2.39. The van der Waals surface area contributed by atoms with Crippen molar-refractivity contribution in [2.24, 2.45) is 0 Å². The Balaban J connectivity index is 2.46. The van der Waals surface area contributed by atoms with Crippen molar-refractivity contribution in [1.82, 2.24) is 0 Å². The average molecular weight is 417 g/mol. The van der Waals surface area contributed by atoms with Gasteiger partial charge in [-0.05, 0) is 41.8 Å². The van der Waals surface area contributed by atoms with E-state index >= 15 is 0 Å². The molecule has 0 aromatic heterocycles. The van der Waals surface area contributed by atoms with Gasteiger partial charge >= 0.3 is 0 Å². The van der Waals surface area contributed by atoms with Crippen LogP contribution in [0.4, 0.5) is 0 Å². The number of hydrogen-bond acceptors (Lipinski definition) is 6. The van der Waals surface area contributed by atoms with Crippen molar-refractivity contribution in [2.45, 2.75) is 31.0 Å². The van der Waals surface area contributed by atoms with E-state index < -0.39 is 6.10 Å². The molecule has 2 unspecified atom stereocenters. The molecule has 2 aromatic rings. The number of hydrogen-bond donors (Lipinski definition) is 1. The summed E-state index contributed by atoms with van der Waals surface area (Å²) in [6.07, 6.45) is 1.83. The first-order chi connectivity index (χ1) is 14.5. The van der Waals surface area contributed by atoms with E-state index in [2.05, 4.69) is 6.58 Å². The quantitative estimate of drug-likeness (QED) is 0.523. The summed E-state index contributed by atoms with van der Waals surface area (Å²) in [5, 5.41) is 10.8. The second-order valence-electron chi connectivity index (χ2n) is 6.92. The fraction of sp³-hybridized carbons (Fsp3) is 0.417. The van der Waals surface area contributed by atoms with Crippen LogP contribution in [0, 0.1) is 0 Å². The third-order valence-electron chi connectivity index (χ3n) is 5.20. The van der Waals surface area contributed by atoms with Gasteiger partial charge in [0.25, 0.3) is 0 Å². The van der Waals surface area contributed by atoms with Crippen molar-refractivity contribution in [3.05, 3.63) is 60.2 Å². The molecule has 1 N–H and O–H groups in total. The van der Waals surface area contributed by atoms with Crippen LogP contribution in [0.5, 0.6) is 23.0 Å². The fourth-order valence-electron chi connectivity index (χ4n) is 3.53. The maximum atomic E-state index is 10.8. The van der Waals surface area contributed by atoms with E-state index in [-0.39, 0.29) is 12.0 Å². The van der Waals surface area contributed by atoms with Gasteiger partial charge in [0.15, 0.2) is 23.0 Å². The molecule has 0 heterocycles. The minimum atomic E-state index is -0.598. The molecule has 0 saturated carbocycles. The predicted octanol–water partition coefficient (Wildman–Crippen LogP) is 4.20. The molecule has 30 heavy (non-hydrogen) atoms. The normalized spacial score (nSPS) is 12.9. The van der Waals surface area contributed by atoms with Gasteiger partial charge in [-0.3, -0.25) is 0 Å². The minimum Gasteiger partial charge on any atom is -0.493 e.